The van der Waals surface area contributed by atoms with Gasteiger partial charge in [-0.15, -0.1) is 0 Å². The molecule has 0 saturated carbocycles. The maximum Gasteiger partial charge on any atom is 0.327 e. The summed E-state index contributed by atoms with van der Waals surface area (Å²) in [4.78, 5) is 14.3. The van der Waals surface area contributed by atoms with Crippen LogP contribution >= 0.6 is 11.5 Å². The van der Waals surface area contributed by atoms with E-state index in [0.29, 0.717) is 30.0 Å². The molecular weight excluding hydrogens is 318 g/mol. The molecule has 0 spiro atoms. The summed E-state index contributed by atoms with van der Waals surface area (Å²) in [5.74, 6) is 0.259. The third kappa shape index (κ3) is 2.88. The fourth-order valence-electron chi connectivity index (χ4n) is 2.31. The van der Waals surface area contributed by atoms with Crippen LogP contribution in [0.1, 0.15) is 0 Å². The van der Waals surface area contributed by atoms with Crippen LogP contribution in [0.3, 0.4) is 0 Å². The van der Waals surface area contributed by atoms with Crippen molar-refractivity contribution in [2.45, 2.75) is 0 Å². The Labute approximate surface area is 135 Å². The largest absolute Gasteiger partial charge is 0.493 e. The Morgan fingerprint density at radius 3 is 3.00 bits per heavy atom. The second-order valence-electron chi connectivity index (χ2n) is 4.93. The molecule has 4 heterocycles. The molecule has 0 radical (unpaired) electrons. The molecule has 118 valence electrons. The zero-order valence-electron chi connectivity index (χ0n) is 12.0. The summed E-state index contributed by atoms with van der Waals surface area (Å²) in [5, 5.41) is 11.5. The number of fused-ring (bicyclic) bond motifs is 1. The SMILES string of the molecule is Oc1nc(Oc2cc(N3CCOCC3)sn2)nc2cnccc12. The molecular formula is C14H13N5O3S. The van der Waals surface area contributed by atoms with E-state index in [-0.39, 0.29) is 11.9 Å². The average molecular weight is 331 g/mol. The van der Waals surface area contributed by atoms with Crippen molar-refractivity contribution in [3.05, 3.63) is 24.5 Å². The Morgan fingerprint density at radius 1 is 1.26 bits per heavy atom. The van der Waals surface area contributed by atoms with E-state index in [9.17, 15) is 5.11 Å². The molecule has 1 aliphatic heterocycles. The van der Waals surface area contributed by atoms with Crippen molar-refractivity contribution < 1.29 is 14.6 Å². The minimum Gasteiger partial charge on any atom is -0.493 e. The lowest BCUT2D eigenvalue weighted by molar-refractivity contribution is 0.123. The van der Waals surface area contributed by atoms with Gasteiger partial charge in [-0.05, 0) is 17.6 Å². The van der Waals surface area contributed by atoms with Crippen molar-refractivity contribution in [1.29, 1.82) is 0 Å². The van der Waals surface area contributed by atoms with Crippen LogP contribution in [-0.2, 0) is 4.74 Å². The molecule has 9 heteroatoms. The highest BCUT2D eigenvalue weighted by Gasteiger charge is 2.16. The van der Waals surface area contributed by atoms with Crippen LogP contribution < -0.4 is 9.64 Å². The van der Waals surface area contributed by atoms with Gasteiger partial charge in [0.05, 0.1) is 30.3 Å². The van der Waals surface area contributed by atoms with E-state index in [1.807, 2.05) is 6.07 Å². The van der Waals surface area contributed by atoms with E-state index >= 15 is 0 Å². The van der Waals surface area contributed by atoms with Crippen molar-refractivity contribution >= 4 is 27.4 Å². The van der Waals surface area contributed by atoms with Gasteiger partial charge >= 0.3 is 6.01 Å². The summed E-state index contributed by atoms with van der Waals surface area (Å²) in [6.45, 7) is 3.09. The molecule has 8 nitrogen and oxygen atoms in total. The normalized spacial score (nSPS) is 15.0. The van der Waals surface area contributed by atoms with E-state index < -0.39 is 0 Å². The van der Waals surface area contributed by atoms with Gasteiger partial charge < -0.3 is 19.5 Å². The van der Waals surface area contributed by atoms with Gasteiger partial charge in [0.2, 0.25) is 11.8 Å². The number of nitrogens with zero attached hydrogens (tertiary/aromatic N) is 5. The van der Waals surface area contributed by atoms with E-state index in [0.717, 1.165) is 18.1 Å². The van der Waals surface area contributed by atoms with E-state index in [4.69, 9.17) is 9.47 Å². The molecule has 0 amide bonds. The number of aromatic hydroxyl groups is 1. The minimum atomic E-state index is -0.143. The summed E-state index contributed by atoms with van der Waals surface area (Å²) in [6, 6.07) is 3.53. The summed E-state index contributed by atoms with van der Waals surface area (Å²) in [5.41, 5.74) is 0.513. The highest BCUT2D eigenvalue weighted by molar-refractivity contribution is 7.10. The van der Waals surface area contributed by atoms with Gasteiger partial charge in [-0.2, -0.15) is 14.3 Å². The standard InChI is InChI=1S/C14H13N5O3S/c20-13-9-1-2-15-8-10(9)16-14(17-13)22-11-7-12(23-18-11)19-3-5-21-6-4-19/h1-2,7-8H,3-6H2,(H,16,17,20). The van der Waals surface area contributed by atoms with Crippen LogP contribution in [0.2, 0.25) is 0 Å². The van der Waals surface area contributed by atoms with Crippen LogP contribution in [0.25, 0.3) is 10.9 Å². The number of hydrogen-bond acceptors (Lipinski definition) is 9. The van der Waals surface area contributed by atoms with Gasteiger partial charge in [-0.1, -0.05) is 0 Å². The first-order valence-electron chi connectivity index (χ1n) is 7.07. The Bertz CT molecular complexity index is 834. The second-order valence-corrected chi connectivity index (χ2v) is 5.71. The Morgan fingerprint density at radius 2 is 2.13 bits per heavy atom. The van der Waals surface area contributed by atoms with E-state index in [1.165, 1.54) is 11.5 Å². The smallest absolute Gasteiger partial charge is 0.327 e. The molecule has 1 N–H and O–H groups in total. The molecule has 0 atom stereocenters. The van der Waals surface area contributed by atoms with Gasteiger partial charge in [-0.3, -0.25) is 4.98 Å². The first kappa shape index (κ1) is 14.1. The highest BCUT2D eigenvalue weighted by Crippen LogP contribution is 2.30. The molecule has 23 heavy (non-hydrogen) atoms. The molecule has 0 aromatic carbocycles. The molecule has 1 aliphatic rings. The first-order valence-corrected chi connectivity index (χ1v) is 7.85. The number of morpholine rings is 1. The number of anilines is 1. The highest BCUT2D eigenvalue weighted by atomic mass is 32.1. The van der Waals surface area contributed by atoms with Crippen molar-refractivity contribution in [1.82, 2.24) is 19.3 Å². The summed E-state index contributed by atoms with van der Waals surface area (Å²) in [6.07, 6.45) is 3.12. The number of aromatic nitrogens is 4. The van der Waals surface area contributed by atoms with Gasteiger partial charge in [0.25, 0.3) is 0 Å². The zero-order chi connectivity index (χ0) is 15.6. The molecule has 0 unspecified atom stereocenters. The van der Waals surface area contributed by atoms with Gasteiger partial charge in [0.15, 0.2) is 0 Å². The number of pyridine rings is 1. The van der Waals surface area contributed by atoms with Crippen LogP contribution in [0, 0.1) is 0 Å². The predicted molar refractivity (Wildman–Crippen MR) is 84.2 cm³/mol. The zero-order valence-corrected chi connectivity index (χ0v) is 12.9. The molecule has 0 aliphatic carbocycles. The maximum atomic E-state index is 9.94. The van der Waals surface area contributed by atoms with Crippen molar-refractivity contribution in [3.63, 3.8) is 0 Å². The summed E-state index contributed by atoms with van der Waals surface area (Å²) >= 11 is 1.35. The van der Waals surface area contributed by atoms with Crippen molar-refractivity contribution in [2.75, 3.05) is 31.2 Å². The average Bonchev–Trinajstić information content (AvgIpc) is 3.04. The van der Waals surface area contributed by atoms with Crippen LogP contribution in [0.5, 0.6) is 17.8 Å². The Kier molecular flexibility index (Phi) is 3.64. The van der Waals surface area contributed by atoms with E-state index in [2.05, 4.69) is 24.2 Å². The quantitative estimate of drug-likeness (QED) is 0.777. The number of rotatable bonds is 3. The third-order valence-corrected chi connectivity index (χ3v) is 4.29. The van der Waals surface area contributed by atoms with Crippen LogP contribution in [0.4, 0.5) is 5.00 Å². The lowest BCUT2D eigenvalue weighted by atomic mass is 10.3. The topological polar surface area (TPSA) is 93.5 Å². The monoisotopic (exact) mass is 331 g/mol. The number of hydrogen-bond donors (Lipinski definition) is 1. The van der Waals surface area contributed by atoms with Gasteiger partial charge in [0, 0.05) is 25.4 Å². The molecule has 4 rings (SSSR count). The summed E-state index contributed by atoms with van der Waals surface area (Å²) in [7, 11) is 0. The third-order valence-electron chi connectivity index (χ3n) is 3.45. The molecule has 3 aromatic heterocycles. The minimum absolute atomic E-state index is 0.0434. The van der Waals surface area contributed by atoms with Crippen LogP contribution in [0.15, 0.2) is 24.5 Å². The van der Waals surface area contributed by atoms with Crippen molar-refractivity contribution in [3.8, 4) is 17.8 Å². The van der Waals surface area contributed by atoms with E-state index in [1.54, 1.807) is 18.5 Å². The Hall–Kier alpha value is -2.52. The van der Waals surface area contributed by atoms with Crippen molar-refractivity contribution in [2.24, 2.45) is 0 Å². The molecule has 0 bridgehead atoms. The molecule has 1 saturated heterocycles. The lowest BCUT2D eigenvalue weighted by Gasteiger charge is -2.26. The van der Waals surface area contributed by atoms with Gasteiger partial charge in [-0.25, -0.2) is 0 Å². The number of ether oxygens (including phenoxy) is 2. The second kappa shape index (κ2) is 5.94. The molecule has 3 aromatic rings. The van der Waals surface area contributed by atoms with Gasteiger partial charge in [0.1, 0.15) is 5.00 Å². The van der Waals surface area contributed by atoms with Crippen LogP contribution in [-0.4, -0.2) is 50.7 Å². The Balaban J connectivity index is 1.57. The maximum absolute atomic E-state index is 9.94. The molecule has 1 fully saturated rings. The fraction of sp³-hybridized carbons (Fsp3) is 0.286. The predicted octanol–water partition coefficient (Wildman–Crippen LogP) is 1.82. The summed E-state index contributed by atoms with van der Waals surface area (Å²) < 4.78 is 15.2. The fourth-order valence-corrected chi connectivity index (χ4v) is 3.04. The first-order chi connectivity index (χ1) is 11.3. The lowest BCUT2D eigenvalue weighted by Crippen LogP contribution is -2.35.